The van der Waals surface area contributed by atoms with Gasteiger partial charge < -0.3 is 16.2 Å². The number of nitrogens with one attached hydrogen (secondary N) is 2. The highest BCUT2D eigenvalue weighted by Crippen LogP contribution is 2.33. The van der Waals surface area contributed by atoms with Crippen molar-refractivity contribution in [2.75, 3.05) is 11.9 Å². The number of carbonyl (C=O) groups excluding carboxylic acids is 1. The van der Waals surface area contributed by atoms with Crippen molar-refractivity contribution in [3.63, 3.8) is 0 Å². The number of rotatable bonds is 7. The maximum absolute atomic E-state index is 12.4. The van der Waals surface area contributed by atoms with Gasteiger partial charge in [-0.1, -0.05) is 36.4 Å². The summed E-state index contributed by atoms with van der Waals surface area (Å²) in [6, 6.07) is 18.8. The molecule has 3 atom stereocenters. The summed E-state index contributed by atoms with van der Waals surface area (Å²) in [6.45, 7) is 0.447. The second-order valence-corrected chi connectivity index (χ2v) is 7.97. The summed E-state index contributed by atoms with van der Waals surface area (Å²) in [5.41, 5.74) is 11.0. The Bertz CT molecular complexity index is 1010. The molecule has 5 N–H and O–H groups in total. The Morgan fingerprint density at radius 3 is 2.61 bits per heavy atom. The fourth-order valence-corrected chi connectivity index (χ4v) is 4.15. The fourth-order valence-electron chi connectivity index (χ4n) is 4.15. The zero-order valence-corrected chi connectivity index (χ0v) is 17.4. The highest BCUT2D eigenvalue weighted by atomic mass is 16.3. The summed E-state index contributed by atoms with van der Waals surface area (Å²) >= 11 is 0. The number of nitrogens with two attached hydrogens (primary N) is 1. The number of benzene rings is 2. The first-order chi connectivity index (χ1) is 15.1. The van der Waals surface area contributed by atoms with Gasteiger partial charge in [0.15, 0.2) is 0 Å². The Hall–Kier alpha value is -3.06. The van der Waals surface area contributed by atoms with E-state index in [-0.39, 0.29) is 17.9 Å². The largest absolute Gasteiger partial charge is 0.378 e. The number of hydrogen-bond donors (Lipinski definition) is 4. The van der Waals surface area contributed by atoms with Crippen LogP contribution in [0.25, 0.3) is 0 Å². The van der Waals surface area contributed by atoms with E-state index in [0.29, 0.717) is 17.8 Å². The molecule has 160 valence electrons. The molecule has 31 heavy (non-hydrogen) atoms. The highest BCUT2D eigenvalue weighted by Gasteiger charge is 2.26. The lowest BCUT2D eigenvalue weighted by molar-refractivity contribution is 0.0982. The van der Waals surface area contributed by atoms with Crippen molar-refractivity contribution in [3.8, 4) is 0 Å². The van der Waals surface area contributed by atoms with Crippen LogP contribution < -0.4 is 16.4 Å². The lowest BCUT2D eigenvalue weighted by atomic mass is 9.82. The third kappa shape index (κ3) is 5.17. The van der Waals surface area contributed by atoms with Crippen molar-refractivity contribution < 1.29 is 9.90 Å². The van der Waals surface area contributed by atoms with Crippen LogP contribution in [0.15, 0.2) is 73.1 Å². The van der Waals surface area contributed by atoms with Crippen molar-refractivity contribution in [1.82, 2.24) is 10.3 Å². The molecule has 0 saturated carbocycles. The van der Waals surface area contributed by atoms with Gasteiger partial charge in [-0.05, 0) is 60.2 Å². The Morgan fingerprint density at radius 1 is 1.10 bits per heavy atom. The van der Waals surface area contributed by atoms with Gasteiger partial charge in [-0.25, -0.2) is 0 Å². The first-order valence-corrected chi connectivity index (χ1v) is 10.7. The normalized spacial score (nSPS) is 17.4. The second-order valence-electron chi connectivity index (χ2n) is 7.97. The zero-order valence-electron chi connectivity index (χ0n) is 17.4. The standard InChI is InChI=1S/C25H28N4O2/c26-23(16-28-25(31)22-7-3-5-17-4-1-2-6-21(17)22)18-8-10-19(11-9-18)24(30)29-20-12-14-27-15-13-20/h1-2,4,6,8-15,22-23,25,28,31H,3,5,7,16,26H2,(H,27,29,30)/t22-,23?,25?/m0/s1. The number of anilines is 1. The minimum atomic E-state index is -0.641. The number of aryl methyl sites for hydroxylation is 1. The first-order valence-electron chi connectivity index (χ1n) is 10.7. The number of amides is 1. The van der Waals surface area contributed by atoms with Crippen LogP contribution >= 0.6 is 0 Å². The molecule has 0 bridgehead atoms. The predicted molar refractivity (Wildman–Crippen MR) is 122 cm³/mol. The quantitative estimate of drug-likeness (QED) is 0.443. The number of aliphatic hydroxyl groups is 1. The molecule has 3 aromatic rings. The molecule has 0 spiro atoms. The van der Waals surface area contributed by atoms with Crippen molar-refractivity contribution in [1.29, 1.82) is 0 Å². The van der Waals surface area contributed by atoms with E-state index in [1.807, 2.05) is 18.2 Å². The van der Waals surface area contributed by atoms with Gasteiger partial charge in [-0.2, -0.15) is 0 Å². The van der Waals surface area contributed by atoms with E-state index < -0.39 is 6.23 Å². The molecule has 1 amide bonds. The molecule has 1 aromatic heterocycles. The first kappa shape index (κ1) is 21.2. The maximum atomic E-state index is 12.4. The van der Waals surface area contributed by atoms with Crippen molar-refractivity contribution in [3.05, 3.63) is 95.3 Å². The van der Waals surface area contributed by atoms with Gasteiger partial charge in [-0.3, -0.25) is 15.1 Å². The van der Waals surface area contributed by atoms with Gasteiger partial charge in [0.05, 0.1) is 0 Å². The molecule has 6 nitrogen and oxygen atoms in total. The van der Waals surface area contributed by atoms with E-state index in [2.05, 4.69) is 33.8 Å². The molecule has 0 fully saturated rings. The minimum absolute atomic E-state index is 0.0800. The third-order valence-corrected chi connectivity index (χ3v) is 5.88. The fraction of sp³-hybridized carbons (Fsp3) is 0.280. The van der Waals surface area contributed by atoms with E-state index in [9.17, 15) is 9.90 Å². The van der Waals surface area contributed by atoms with Gasteiger partial charge >= 0.3 is 0 Å². The number of carbonyl (C=O) groups is 1. The predicted octanol–water partition coefficient (Wildman–Crippen LogP) is 3.36. The van der Waals surface area contributed by atoms with Gasteiger partial charge in [0.1, 0.15) is 6.23 Å². The minimum Gasteiger partial charge on any atom is -0.378 e. The van der Waals surface area contributed by atoms with Crippen LogP contribution in [0.2, 0.25) is 0 Å². The molecular formula is C25H28N4O2. The lowest BCUT2D eigenvalue weighted by Gasteiger charge is -2.30. The SMILES string of the molecule is NC(CNC(O)[C@H]1CCCc2ccccc21)c1ccc(C(=O)Nc2ccncc2)cc1. The highest BCUT2D eigenvalue weighted by molar-refractivity contribution is 6.04. The molecule has 0 radical (unpaired) electrons. The molecular weight excluding hydrogens is 388 g/mol. The van der Waals surface area contributed by atoms with Gasteiger partial charge in [-0.15, -0.1) is 0 Å². The van der Waals surface area contributed by atoms with Crippen LogP contribution in [0.4, 0.5) is 5.69 Å². The van der Waals surface area contributed by atoms with Gasteiger partial charge in [0.2, 0.25) is 0 Å². The molecule has 6 heteroatoms. The third-order valence-electron chi connectivity index (χ3n) is 5.88. The molecule has 4 rings (SSSR count). The molecule has 1 aliphatic carbocycles. The van der Waals surface area contributed by atoms with Crippen LogP contribution in [0.5, 0.6) is 0 Å². The average molecular weight is 417 g/mol. The van der Waals surface area contributed by atoms with Crippen molar-refractivity contribution in [2.24, 2.45) is 5.73 Å². The van der Waals surface area contributed by atoms with Crippen LogP contribution in [-0.4, -0.2) is 28.8 Å². The van der Waals surface area contributed by atoms with Gasteiger partial charge in [0, 0.05) is 42.1 Å². The summed E-state index contributed by atoms with van der Waals surface area (Å²) < 4.78 is 0. The summed E-state index contributed by atoms with van der Waals surface area (Å²) in [5.74, 6) is -0.104. The van der Waals surface area contributed by atoms with Gasteiger partial charge in [0.25, 0.3) is 5.91 Å². The number of aromatic nitrogens is 1. The molecule has 0 aliphatic heterocycles. The number of hydrogen-bond acceptors (Lipinski definition) is 5. The zero-order chi connectivity index (χ0) is 21.6. The number of pyridine rings is 1. The molecule has 0 saturated heterocycles. The van der Waals surface area contributed by atoms with Crippen molar-refractivity contribution in [2.45, 2.75) is 37.5 Å². The second kappa shape index (κ2) is 9.83. The van der Waals surface area contributed by atoms with E-state index in [0.717, 1.165) is 24.8 Å². The maximum Gasteiger partial charge on any atom is 0.255 e. The number of nitrogens with zero attached hydrogens (tertiary/aromatic N) is 1. The summed E-state index contributed by atoms with van der Waals surface area (Å²) in [7, 11) is 0. The monoisotopic (exact) mass is 416 g/mol. The van der Waals surface area contributed by atoms with Crippen molar-refractivity contribution >= 4 is 11.6 Å². The average Bonchev–Trinajstić information content (AvgIpc) is 2.82. The van der Waals surface area contributed by atoms with Crippen LogP contribution in [-0.2, 0) is 6.42 Å². The van der Waals surface area contributed by atoms with Crippen LogP contribution in [0.1, 0.15) is 51.8 Å². The van der Waals surface area contributed by atoms with E-state index >= 15 is 0 Å². The summed E-state index contributed by atoms with van der Waals surface area (Å²) in [5, 5.41) is 16.8. The Labute approximate surface area is 182 Å². The lowest BCUT2D eigenvalue weighted by Crippen LogP contribution is -2.40. The van der Waals surface area contributed by atoms with E-state index in [4.69, 9.17) is 5.73 Å². The molecule has 1 heterocycles. The smallest absolute Gasteiger partial charge is 0.255 e. The topological polar surface area (TPSA) is 100 Å². The Balaban J connectivity index is 1.33. The Kier molecular flexibility index (Phi) is 6.72. The molecule has 2 unspecified atom stereocenters. The Morgan fingerprint density at radius 2 is 1.84 bits per heavy atom. The molecule has 1 aliphatic rings. The molecule has 2 aromatic carbocycles. The van der Waals surface area contributed by atoms with E-state index in [1.54, 1.807) is 36.7 Å². The van der Waals surface area contributed by atoms with E-state index in [1.165, 1.54) is 11.1 Å². The number of aliphatic hydroxyl groups excluding tert-OH is 1. The number of fused-ring (bicyclic) bond motifs is 1. The summed E-state index contributed by atoms with van der Waals surface area (Å²) in [4.78, 5) is 16.3. The summed E-state index contributed by atoms with van der Waals surface area (Å²) in [6.07, 6.45) is 5.73. The van der Waals surface area contributed by atoms with Crippen LogP contribution in [0, 0.1) is 0 Å². The van der Waals surface area contributed by atoms with Crippen LogP contribution in [0.3, 0.4) is 0 Å².